The molecule has 1 aliphatic heterocycles. The third-order valence-corrected chi connectivity index (χ3v) is 2.98. The van der Waals surface area contributed by atoms with Crippen molar-refractivity contribution in [3.05, 3.63) is 48.0 Å². The lowest BCUT2D eigenvalue weighted by Crippen LogP contribution is -2.20. The summed E-state index contributed by atoms with van der Waals surface area (Å²) in [6.45, 7) is 7.11. The molecule has 1 aromatic rings. The van der Waals surface area contributed by atoms with Crippen molar-refractivity contribution in [3.8, 4) is 0 Å². The Bertz CT molecular complexity index is 411. The average molecular weight is 262 g/mol. The van der Waals surface area contributed by atoms with E-state index in [0.717, 1.165) is 0 Å². The molecule has 1 fully saturated rings. The first-order valence-electron chi connectivity index (χ1n) is 6.71. The highest BCUT2D eigenvalue weighted by molar-refractivity contribution is 5.13. The fraction of sp³-hybridized carbons (Fsp3) is 0.500. The van der Waals surface area contributed by atoms with Crippen molar-refractivity contribution in [2.45, 2.75) is 45.4 Å². The van der Waals surface area contributed by atoms with Crippen LogP contribution in [0.25, 0.3) is 0 Å². The predicted octanol–water partition coefficient (Wildman–Crippen LogP) is 3.30. The summed E-state index contributed by atoms with van der Waals surface area (Å²) in [5.74, 6) is -0.469. The summed E-state index contributed by atoms with van der Waals surface area (Å²) in [5.41, 5.74) is 1.18. The molecule has 2 rings (SSSR count). The SMILES string of the molecule is C[C@@H](/C=C\[C@H]1COC(C)(C)O1)OCc1ccccc1. The van der Waals surface area contributed by atoms with Crippen LogP contribution in [-0.4, -0.2) is 24.6 Å². The second-order valence-corrected chi connectivity index (χ2v) is 5.25. The molecule has 1 aliphatic rings. The van der Waals surface area contributed by atoms with Crippen molar-refractivity contribution < 1.29 is 14.2 Å². The number of hydrogen-bond donors (Lipinski definition) is 0. The monoisotopic (exact) mass is 262 g/mol. The lowest BCUT2D eigenvalue weighted by molar-refractivity contribution is -0.133. The molecule has 0 radical (unpaired) electrons. The molecule has 3 nitrogen and oxygen atoms in total. The van der Waals surface area contributed by atoms with Crippen LogP contribution in [0.1, 0.15) is 26.3 Å². The molecule has 0 bridgehead atoms. The zero-order valence-electron chi connectivity index (χ0n) is 11.8. The van der Waals surface area contributed by atoms with Crippen molar-refractivity contribution in [3.63, 3.8) is 0 Å². The maximum atomic E-state index is 5.76. The van der Waals surface area contributed by atoms with Crippen molar-refractivity contribution in [1.82, 2.24) is 0 Å². The van der Waals surface area contributed by atoms with E-state index in [9.17, 15) is 0 Å². The smallest absolute Gasteiger partial charge is 0.163 e. The van der Waals surface area contributed by atoms with Gasteiger partial charge in [-0.25, -0.2) is 0 Å². The lowest BCUT2D eigenvalue weighted by atomic mass is 10.2. The van der Waals surface area contributed by atoms with Crippen LogP contribution in [0.3, 0.4) is 0 Å². The van der Waals surface area contributed by atoms with Crippen molar-refractivity contribution in [2.24, 2.45) is 0 Å². The Kier molecular flexibility index (Phi) is 4.75. The summed E-state index contributed by atoms with van der Waals surface area (Å²) in [7, 11) is 0. The van der Waals surface area contributed by atoms with E-state index in [0.29, 0.717) is 13.2 Å². The molecule has 0 N–H and O–H groups in total. The van der Waals surface area contributed by atoms with Gasteiger partial charge in [0.2, 0.25) is 0 Å². The Morgan fingerprint density at radius 2 is 2.11 bits per heavy atom. The quantitative estimate of drug-likeness (QED) is 0.762. The van der Waals surface area contributed by atoms with Crippen LogP contribution in [0.2, 0.25) is 0 Å². The summed E-state index contributed by atoms with van der Waals surface area (Å²) in [6, 6.07) is 10.2. The van der Waals surface area contributed by atoms with Crippen LogP contribution in [-0.2, 0) is 20.8 Å². The molecule has 1 heterocycles. The maximum absolute atomic E-state index is 5.76. The third kappa shape index (κ3) is 4.78. The van der Waals surface area contributed by atoms with Gasteiger partial charge in [-0.1, -0.05) is 42.5 Å². The van der Waals surface area contributed by atoms with E-state index in [1.165, 1.54) is 5.56 Å². The molecule has 0 amide bonds. The van der Waals surface area contributed by atoms with Gasteiger partial charge in [0.05, 0.1) is 19.3 Å². The minimum Gasteiger partial charge on any atom is -0.370 e. The number of benzene rings is 1. The van der Waals surface area contributed by atoms with E-state index in [-0.39, 0.29) is 12.2 Å². The zero-order chi connectivity index (χ0) is 13.7. The third-order valence-electron chi connectivity index (χ3n) is 2.98. The van der Waals surface area contributed by atoms with Gasteiger partial charge in [-0.05, 0) is 26.3 Å². The summed E-state index contributed by atoms with van der Waals surface area (Å²) >= 11 is 0. The second-order valence-electron chi connectivity index (χ2n) is 5.25. The van der Waals surface area contributed by atoms with E-state index in [4.69, 9.17) is 14.2 Å². The van der Waals surface area contributed by atoms with Crippen molar-refractivity contribution in [2.75, 3.05) is 6.61 Å². The summed E-state index contributed by atoms with van der Waals surface area (Å²) < 4.78 is 17.0. The first-order chi connectivity index (χ1) is 9.05. The number of hydrogen-bond acceptors (Lipinski definition) is 3. The van der Waals surface area contributed by atoms with Gasteiger partial charge in [0.1, 0.15) is 6.10 Å². The highest BCUT2D eigenvalue weighted by Gasteiger charge is 2.30. The predicted molar refractivity (Wildman–Crippen MR) is 74.7 cm³/mol. The second kappa shape index (κ2) is 6.33. The Balaban J connectivity index is 1.74. The minimum absolute atomic E-state index is 0.0257. The van der Waals surface area contributed by atoms with Gasteiger partial charge in [0.15, 0.2) is 5.79 Å². The standard InChI is InChI=1S/C16H22O3/c1-13(17-11-14-7-5-4-6-8-14)9-10-15-12-18-16(2,3)19-15/h4-10,13,15H,11-12H2,1-3H3/b10-9-/t13-,15-/m0/s1. The van der Waals surface area contributed by atoms with Crippen molar-refractivity contribution in [1.29, 1.82) is 0 Å². The molecule has 19 heavy (non-hydrogen) atoms. The minimum atomic E-state index is -0.469. The van der Waals surface area contributed by atoms with Crippen LogP contribution >= 0.6 is 0 Å². The molecular formula is C16H22O3. The van der Waals surface area contributed by atoms with Crippen LogP contribution in [0.5, 0.6) is 0 Å². The maximum Gasteiger partial charge on any atom is 0.163 e. The van der Waals surface area contributed by atoms with Gasteiger partial charge in [0, 0.05) is 0 Å². The Morgan fingerprint density at radius 1 is 1.37 bits per heavy atom. The summed E-state index contributed by atoms with van der Waals surface area (Å²) in [5, 5.41) is 0. The average Bonchev–Trinajstić information content (AvgIpc) is 2.75. The molecule has 1 aromatic carbocycles. The fourth-order valence-electron chi connectivity index (χ4n) is 1.95. The molecule has 0 saturated carbocycles. The van der Waals surface area contributed by atoms with E-state index in [2.05, 4.69) is 12.1 Å². The summed E-state index contributed by atoms with van der Waals surface area (Å²) in [6.07, 6.45) is 4.13. The fourth-order valence-corrected chi connectivity index (χ4v) is 1.95. The highest BCUT2D eigenvalue weighted by atomic mass is 16.7. The Labute approximate surface area is 115 Å². The topological polar surface area (TPSA) is 27.7 Å². The van der Waals surface area contributed by atoms with Gasteiger partial charge >= 0.3 is 0 Å². The molecule has 1 saturated heterocycles. The molecule has 0 aliphatic carbocycles. The molecular weight excluding hydrogens is 240 g/mol. The van der Waals surface area contributed by atoms with E-state index in [1.54, 1.807) is 0 Å². The molecule has 0 unspecified atom stereocenters. The molecule has 2 atom stereocenters. The first-order valence-corrected chi connectivity index (χ1v) is 6.71. The van der Waals surface area contributed by atoms with Gasteiger partial charge in [-0.2, -0.15) is 0 Å². The van der Waals surface area contributed by atoms with Gasteiger partial charge in [0.25, 0.3) is 0 Å². The normalized spacial score (nSPS) is 23.8. The number of ether oxygens (including phenoxy) is 3. The molecule has 3 heteroatoms. The van der Waals surface area contributed by atoms with Gasteiger partial charge in [-0.15, -0.1) is 0 Å². The first kappa shape index (κ1) is 14.3. The Hall–Kier alpha value is -1.16. The van der Waals surface area contributed by atoms with Crippen LogP contribution < -0.4 is 0 Å². The largest absolute Gasteiger partial charge is 0.370 e. The van der Waals surface area contributed by atoms with E-state index in [1.807, 2.05) is 51.1 Å². The molecule has 0 aromatic heterocycles. The number of rotatable bonds is 5. The van der Waals surface area contributed by atoms with E-state index < -0.39 is 5.79 Å². The van der Waals surface area contributed by atoms with Crippen LogP contribution in [0, 0.1) is 0 Å². The van der Waals surface area contributed by atoms with E-state index >= 15 is 0 Å². The molecule has 104 valence electrons. The van der Waals surface area contributed by atoms with Crippen LogP contribution in [0.4, 0.5) is 0 Å². The summed E-state index contributed by atoms with van der Waals surface area (Å²) in [4.78, 5) is 0. The van der Waals surface area contributed by atoms with Gasteiger partial charge < -0.3 is 14.2 Å². The lowest BCUT2D eigenvalue weighted by Gasteiger charge is -2.16. The molecule has 0 spiro atoms. The zero-order valence-corrected chi connectivity index (χ0v) is 11.8. The van der Waals surface area contributed by atoms with Crippen LogP contribution in [0.15, 0.2) is 42.5 Å². The Morgan fingerprint density at radius 3 is 2.74 bits per heavy atom. The highest BCUT2D eigenvalue weighted by Crippen LogP contribution is 2.23. The van der Waals surface area contributed by atoms with Gasteiger partial charge in [-0.3, -0.25) is 0 Å². The van der Waals surface area contributed by atoms with Crippen molar-refractivity contribution >= 4 is 0 Å².